The second kappa shape index (κ2) is 5.32. The normalized spacial score (nSPS) is 12.9. The molecule has 0 aliphatic carbocycles. The van der Waals surface area contributed by atoms with Gasteiger partial charge in [-0.15, -0.1) is 11.3 Å². The van der Waals surface area contributed by atoms with Crippen molar-refractivity contribution in [2.75, 3.05) is 11.9 Å². The highest BCUT2D eigenvalue weighted by Gasteiger charge is 2.02. The third-order valence-electron chi connectivity index (χ3n) is 2.63. The monoisotopic (exact) mass is 234 g/mol. The second-order valence-corrected chi connectivity index (χ2v) is 5.10. The minimum absolute atomic E-state index is 0.306. The third-order valence-corrected chi connectivity index (χ3v) is 3.60. The van der Waals surface area contributed by atoms with E-state index in [9.17, 15) is 0 Å². The van der Waals surface area contributed by atoms with Crippen molar-refractivity contribution in [3.8, 4) is 0 Å². The number of nitrogens with two attached hydrogens (primary N) is 1. The van der Waals surface area contributed by atoms with E-state index in [0.717, 1.165) is 19.4 Å². The van der Waals surface area contributed by atoms with Crippen LogP contribution < -0.4 is 11.1 Å². The standard InChI is InChI=1S/C13H18N2S/c1-10(14)5-4-8-15-12-9-16-13-7-3-2-6-11(12)13/h2-3,6-7,9-10,15H,4-5,8,14H2,1H3. The van der Waals surface area contributed by atoms with Crippen molar-refractivity contribution in [3.05, 3.63) is 29.6 Å². The summed E-state index contributed by atoms with van der Waals surface area (Å²) < 4.78 is 1.34. The molecule has 0 fully saturated rings. The molecule has 86 valence electrons. The number of hydrogen-bond acceptors (Lipinski definition) is 3. The van der Waals surface area contributed by atoms with Crippen LogP contribution in [0.4, 0.5) is 5.69 Å². The molecule has 0 spiro atoms. The molecule has 0 amide bonds. The van der Waals surface area contributed by atoms with E-state index in [4.69, 9.17) is 5.73 Å². The van der Waals surface area contributed by atoms with Crippen LogP contribution in [0.5, 0.6) is 0 Å². The average Bonchev–Trinajstić information content (AvgIpc) is 2.68. The first-order chi connectivity index (χ1) is 7.77. The van der Waals surface area contributed by atoms with Gasteiger partial charge < -0.3 is 11.1 Å². The zero-order valence-electron chi connectivity index (χ0n) is 9.57. The summed E-state index contributed by atoms with van der Waals surface area (Å²) >= 11 is 1.79. The maximum absolute atomic E-state index is 5.72. The molecular formula is C13H18N2S. The summed E-state index contributed by atoms with van der Waals surface area (Å²) in [5.41, 5.74) is 6.97. The first-order valence-corrected chi connectivity index (χ1v) is 6.61. The van der Waals surface area contributed by atoms with Crippen LogP contribution in [0.3, 0.4) is 0 Å². The van der Waals surface area contributed by atoms with Gasteiger partial charge in [-0.25, -0.2) is 0 Å². The summed E-state index contributed by atoms with van der Waals surface area (Å²) in [6.45, 7) is 3.06. The third kappa shape index (κ3) is 2.74. The Bertz CT molecular complexity index is 448. The molecule has 2 rings (SSSR count). The SMILES string of the molecule is CC(N)CCCNc1csc2ccccc12. The topological polar surface area (TPSA) is 38.0 Å². The van der Waals surface area contributed by atoms with Crippen molar-refractivity contribution in [3.63, 3.8) is 0 Å². The van der Waals surface area contributed by atoms with Crippen LogP contribution in [0.15, 0.2) is 29.6 Å². The summed E-state index contributed by atoms with van der Waals surface area (Å²) in [6, 6.07) is 8.80. The van der Waals surface area contributed by atoms with Crippen molar-refractivity contribution in [2.45, 2.75) is 25.8 Å². The molecule has 3 N–H and O–H groups in total. The van der Waals surface area contributed by atoms with E-state index in [2.05, 4.69) is 41.9 Å². The van der Waals surface area contributed by atoms with E-state index in [1.807, 2.05) is 0 Å². The first-order valence-electron chi connectivity index (χ1n) is 5.73. The fraction of sp³-hybridized carbons (Fsp3) is 0.385. The van der Waals surface area contributed by atoms with Gasteiger partial charge in [-0.2, -0.15) is 0 Å². The first kappa shape index (κ1) is 11.4. The minimum atomic E-state index is 0.306. The number of fused-ring (bicyclic) bond motifs is 1. The molecule has 2 aromatic rings. The van der Waals surface area contributed by atoms with E-state index in [-0.39, 0.29) is 0 Å². The zero-order chi connectivity index (χ0) is 11.4. The smallest absolute Gasteiger partial charge is 0.0528 e. The summed E-state index contributed by atoms with van der Waals surface area (Å²) in [5, 5.41) is 7.00. The molecule has 0 saturated heterocycles. The Morgan fingerprint density at radius 3 is 3.00 bits per heavy atom. The molecule has 0 aliphatic rings. The molecule has 3 heteroatoms. The van der Waals surface area contributed by atoms with Crippen molar-refractivity contribution in [1.82, 2.24) is 0 Å². The molecule has 1 aromatic carbocycles. The van der Waals surface area contributed by atoms with Gasteiger partial charge in [0, 0.05) is 28.1 Å². The average molecular weight is 234 g/mol. The highest BCUT2D eigenvalue weighted by molar-refractivity contribution is 7.17. The van der Waals surface area contributed by atoms with Gasteiger partial charge in [0.25, 0.3) is 0 Å². The Labute approximate surface area is 100 Å². The highest BCUT2D eigenvalue weighted by atomic mass is 32.1. The van der Waals surface area contributed by atoms with Crippen LogP contribution in [0.1, 0.15) is 19.8 Å². The maximum atomic E-state index is 5.72. The van der Waals surface area contributed by atoms with Crippen LogP contribution in [0.25, 0.3) is 10.1 Å². The lowest BCUT2D eigenvalue weighted by atomic mass is 10.2. The number of anilines is 1. The quantitative estimate of drug-likeness (QED) is 0.778. The Balaban J connectivity index is 1.94. The van der Waals surface area contributed by atoms with Crippen LogP contribution >= 0.6 is 11.3 Å². The van der Waals surface area contributed by atoms with Crippen molar-refractivity contribution >= 4 is 27.1 Å². The van der Waals surface area contributed by atoms with Gasteiger partial charge in [0.2, 0.25) is 0 Å². The van der Waals surface area contributed by atoms with Crippen molar-refractivity contribution < 1.29 is 0 Å². The zero-order valence-corrected chi connectivity index (χ0v) is 10.4. The lowest BCUT2D eigenvalue weighted by Crippen LogP contribution is -2.16. The van der Waals surface area contributed by atoms with E-state index < -0.39 is 0 Å². The Kier molecular flexibility index (Phi) is 3.80. The van der Waals surface area contributed by atoms with Crippen molar-refractivity contribution in [1.29, 1.82) is 0 Å². The predicted octanol–water partition coefficient (Wildman–Crippen LogP) is 3.44. The summed E-state index contributed by atoms with van der Waals surface area (Å²) in [7, 11) is 0. The molecule has 0 radical (unpaired) electrons. The van der Waals surface area contributed by atoms with Gasteiger partial charge in [0.1, 0.15) is 0 Å². The number of hydrogen-bond donors (Lipinski definition) is 2. The second-order valence-electron chi connectivity index (χ2n) is 4.19. The van der Waals surface area contributed by atoms with Crippen LogP contribution in [-0.4, -0.2) is 12.6 Å². The van der Waals surface area contributed by atoms with Gasteiger partial charge in [0.15, 0.2) is 0 Å². The largest absolute Gasteiger partial charge is 0.384 e. The molecule has 1 atom stereocenters. The molecule has 1 heterocycles. The fourth-order valence-electron chi connectivity index (χ4n) is 1.76. The molecule has 0 aliphatic heterocycles. The van der Waals surface area contributed by atoms with Crippen LogP contribution in [-0.2, 0) is 0 Å². The summed E-state index contributed by atoms with van der Waals surface area (Å²) in [4.78, 5) is 0. The molecule has 0 saturated carbocycles. The van der Waals surface area contributed by atoms with E-state index in [1.54, 1.807) is 11.3 Å². The van der Waals surface area contributed by atoms with Crippen LogP contribution in [0, 0.1) is 0 Å². The van der Waals surface area contributed by atoms with Gasteiger partial charge in [0.05, 0.1) is 5.69 Å². The molecule has 1 aromatic heterocycles. The van der Waals surface area contributed by atoms with E-state index in [0.29, 0.717) is 6.04 Å². The predicted molar refractivity (Wildman–Crippen MR) is 73.2 cm³/mol. The highest BCUT2D eigenvalue weighted by Crippen LogP contribution is 2.29. The van der Waals surface area contributed by atoms with Crippen molar-refractivity contribution in [2.24, 2.45) is 5.73 Å². The number of benzene rings is 1. The van der Waals surface area contributed by atoms with E-state index in [1.165, 1.54) is 15.8 Å². The molecule has 16 heavy (non-hydrogen) atoms. The molecule has 1 unspecified atom stereocenters. The van der Waals surface area contributed by atoms with Gasteiger partial charge in [-0.05, 0) is 25.8 Å². The molecule has 0 bridgehead atoms. The fourth-order valence-corrected chi connectivity index (χ4v) is 2.68. The number of thiophene rings is 1. The number of rotatable bonds is 5. The maximum Gasteiger partial charge on any atom is 0.0528 e. The molecular weight excluding hydrogens is 216 g/mol. The Hall–Kier alpha value is -1.06. The number of nitrogens with one attached hydrogen (secondary N) is 1. The Morgan fingerprint density at radius 2 is 2.19 bits per heavy atom. The Morgan fingerprint density at radius 1 is 1.38 bits per heavy atom. The molecule has 2 nitrogen and oxygen atoms in total. The van der Waals surface area contributed by atoms with E-state index >= 15 is 0 Å². The van der Waals surface area contributed by atoms with Crippen LogP contribution in [0.2, 0.25) is 0 Å². The summed E-state index contributed by atoms with van der Waals surface area (Å²) in [6.07, 6.45) is 2.21. The van der Waals surface area contributed by atoms with Gasteiger partial charge in [-0.1, -0.05) is 18.2 Å². The lowest BCUT2D eigenvalue weighted by molar-refractivity contribution is 0.639. The minimum Gasteiger partial charge on any atom is -0.384 e. The summed E-state index contributed by atoms with van der Waals surface area (Å²) in [5.74, 6) is 0. The lowest BCUT2D eigenvalue weighted by Gasteiger charge is -2.06. The van der Waals surface area contributed by atoms with Gasteiger partial charge in [-0.3, -0.25) is 0 Å². The van der Waals surface area contributed by atoms with Gasteiger partial charge >= 0.3 is 0 Å².